The molecule has 3 heterocycles. The molecule has 158 valence electrons. The number of aromatic nitrogens is 3. The van der Waals surface area contributed by atoms with Gasteiger partial charge in [0.2, 0.25) is 5.88 Å². The Labute approximate surface area is 174 Å². The molecule has 2 aromatic heterocycles. The molecule has 1 aliphatic rings. The van der Waals surface area contributed by atoms with Crippen molar-refractivity contribution < 1.29 is 13.3 Å². The van der Waals surface area contributed by atoms with Crippen LogP contribution in [-0.2, 0) is 9.71 Å². The number of piperidine rings is 1. The van der Waals surface area contributed by atoms with Gasteiger partial charge in [0.15, 0.2) is 0 Å². The lowest BCUT2D eigenvalue weighted by Gasteiger charge is -2.24. The zero-order valence-corrected chi connectivity index (χ0v) is 17.3. The summed E-state index contributed by atoms with van der Waals surface area (Å²) < 4.78 is 35.6. The van der Waals surface area contributed by atoms with Gasteiger partial charge in [-0.05, 0) is 49.5 Å². The molecule has 10 heteroatoms. The van der Waals surface area contributed by atoms with Crippen LogP contribution < -0.4 is 20.1 Å². The zero-order chi connectivity index (χ0) is 21.1. The Morgan fingerprint density at radius 1 is 1.33 bits per heavy atom. The highest BCUT2D eigenvalue weighted by Crippen LogP contribution is 2.31. The second-order valence-corrected chi connectivity index (χ2v) is 9.46. The first-order valence-corrected chi connectivity index (χ1v) is 11.7. The van der Waals surface area contributed by atoms with E-state index in [1.165, 1.54) is 18.6 Å². The highest BCUT2D eigenvalue weighted by atomic mass is 32.2. The van der Waals surface area contributed by atoms with Crippen molar-refractivity contribution in [3.63, 3.8) is 0 Å². The third kappa shape index (κ3) is 4.77. The molecule has 0 saturated carbocycles. The van der Waals surface area contributed by atoms with Gasteiger partial charge < -0.3 is 20.1 Å². The lowest BCUT2D eigenvalue weighted by atomic mass is 10.1. The van der Waals surface area contributed by atoms with E-state index in [-0.39, 0.29) is 17.3 Å². The average Bonchev–Trinajstić information content (AvgIpc) is 2.69. The van der Waals surface area contributed by atoms with Crippen molar-refractivity contribution in [3.8, 4) is 5.88 Å². The number of rotatable bonds is 6. The molecule has 1 saturated heterocycles. The Balaban J connectivity index is 1.66. The first kappa shape index (κ1) is 20.3. The molecule has 0 amide bonds. The number of ether oxygens (including phenoxy) is 1. The van der Waals surface area contributed by atoms with Crippen LogP contribution in [-0.4, -0.2) is 50.5 Å². The standard InChI is InChI=1S/C20H23FN6O2S/c1-30(2,28)27-13-9-15(21)18-17(10-13)24-12-25-19(18)26-16-6-4-8-23-20(16)29-14-5-3-7-22-11-14/h4,6,8-10,12,14,22H,1,3,5,7,11H2,2H3,(H,27,28)(H,24,25,26). The van der Waals surface area contributed by atoms with Crippen LogP contribution in [0.1, 0.15) is 12.8 Å². The maximum atomic E-state index is 14.9. The third-order valence-electron chi connectivity index (χ3n) is 4.58. The van der Waals surface area contributed by atoms with E-state index in [1.54, 1.807) is 24.4 Å². The topological polar surface area (TPSA) is 101 Å². The summed E-state index contributed by atoms with van der Waals surface area (Å²) in [6.07, 6.45) is 6.42. The fourth-order valence-electron chi connectivity index (χ4n) is 3.33. The molecule has 0 spiro atoms. The van der Waals surface area contributed by atoms with E-state index < -0.39 is 15.5 Å². The molecular formula is C20H23FN6O2S. The van der Waals surface area contributed by atoms with Gasteiger partial charge in [-0.1, -0.05) is 0 Å². The van der Waals surface area contributed by atoms with Crippen molar-refractivity contribution in [2.45, 2.75) is 18.9 Å². The minimum Gasteiger partial charge on any atom is -0.472 e. The number of nitrogens with zero attached hydrogens (tertiary/aromatic N) is 3. The Hall–Kier alpha value is -2.98. The molecule has 0 aliphatic carbocycles. The number of nitrogens with one attached hydrogen (secondary N) is 3. The fourth-order valence-corrected chi connectivity index (χ4v) is 3.95. The quantitative estimate of drug-likeness (QED) is 0.517. The summed E-state index contributed by atoms with van der Waals surface area (Å²) in [7, 11) is -2.55. The van der Waals surface area contributed by atoms with Crippen molar-refractivity contribution in [2.24, 2.45) is 0 Å². The molecule has 0 radical (unpaired) electrons. The summed E-state index contributed by atoms with van der Waals surface area (Å²) in [6, 6.07) is 6.42. The lowest BCUT2D eigenvalue weighted by molar-refractivity contribution is 0.161. The minimum absolute atomic E-state index is 0.0215. The van der Waals surface area contributed by atoms with Crippen LogP contribution in [0.5, 0.6) is 5.88 Å². The maximum absolute atomic E-state index is 14.9. The van der Waals surface area contributed by atoms with E-state index in [0.717, 1.165) is 25.9 Å². The largest absolute Gasteiger partial charge is 0.472 e. The third-order valence-corrected chi connectivity index (χ3v) is 5.25. The smallest absolute Gasteiger partial charge is 0.238 e. The molecule has 1 aliphatic heterocycles. The van der Waals surface area contributed by atoms with Crippen LogP contribution in [0.4, 0.5) is 21.6 Å². The molecule has 0 bridgehead atoms. The van der Waals surface area contributed by atoms with E-state index in [0.29, 0.717) is 22.8 Å². The van der Waals surface area contributed by atoms with E-state index in [2.05, 4.69) is 36.2 Å². The number of anilines is 3. The van der Waals surface area contributed by atoms with E-state index in [9.17, 15) is 8.60 Å². The lowest BCUT2D eigenvalue weighted by Crippen LogP contribution is -2.37. The second kappa shape index (κ2) is 8.41. The monoisotopic (exact) mass is 430 g/mol. The zero-order valence-electron chi connectivity index (χ0n) is 16.5. The summed E-state index contributed by atoms with van der Waals surface area (Å²) in [6.45, 7) is 1.74. The highest BCUT2D eigenvalue weighted by molar-refractivity contribution is 8.00. The van der Waals surface area contributed by atoms with Crippen LogP contribution in [0.3, 0.4) is 0 Å². The molecule has 4 rings (SSSR count). The van der Waals surface area contributed by atoms with Gasteiger partial charge in [0.1, 0.15) is 29.8 Å². The van der Waals surface area contributed by atoms with Gasteiger partial charge in [0.05, 0.1) is 16.6 Å². The van der Waals surface area contributed by atoms with Gasteiger partial charge in [-0.3, -0.25) is 0 Å². The van der Waals surface area contributed by atoms with Gasteiger partial charge >= 0.3 is 0 Å². The molecule has 1 fully saturated rings. The van der Waals surface area contributed by atoms with Crippen LogP contribution in [0, 0.1) is 5.82 Å². The van der Waals surface area contributed by atoms with Crippen molar-refractivity contribution in [3.05, 3.63) is 42.6 Å². The summed E-state index contributed by atoms with van der Waals surface area (Å²) in [5.74, 6) is 3.70. The molecule has 2 atom stereocenters. The number of halogens is 1. The second-order valence-electron chi connectivity index (χ2n) is 7.25. The Bertz CT molecular complexity index is 1170. The van der Waals surface area contributed by atoms with Gasteiger partial charge in [-0.2, -0.15) is 0 Å². The molecule has 1 aromatic carbocycles. The highest BCUT2D eigenvalue weighted by Gasteiger charge is 2.18. The van der Waals surface area contributed by atoms with Gasteiger partial charge in [-0.25, -0.2) is 23.6 Å². The summed E-state index contributed by atoms with van der Waals surface area (Å²) in [5, 5.41) is 6.64. The molecule has 3 aromatic rings. The normalized spacial score (nSPS) is 18.5. The number of fused-ring (bicyclic) bond motifs is 1. The van der Waals surface area contributed by atoms with Crippen molar-refractivity contribution in [1.29, 1.82) is 0 Å². The first-order valence-electron chi connectivity index (χ1n) is 9.53. The van der Waals surface area contributed by atoms with Crippen molar-refractivity contribution in [2.75, 3.05) is 29.4 Å². The number of hydrogen-bond donors (Lipinski definition) is 3. The van der Waals surface area contributed by atoms with E-state index in [1.807, 2.05) is 0 Å². The average molecular weight is 431 g/mol. The van der Waals surface area contributed by atoms with E-state index >= 15 is 0 Å². The fraction of sp³-hybridized carbons (Fsp3) is 0.300. The Kier molecular flexibility index (Phi) is 5.69. The molecule has 2 unspecified atom stereocenters. The Morgan fingerprint density at radius 2 is 2.20 bits per heavy atom. The number of benzene rings is 1. The molecule has 8 nitrogen and oxygen atoms in total. The molecular weight excluding hydrogens is 407 g/mol. The van der Waals surface area contributed by atoms with Crippen molar-refractivity contribution >= 4 is 43.7 Å². The summed E-state index contributed by atoms with van der Waals surface area (Å²) in [4.78, 5) is 12.7. The maximum Gasteiger partial charge on any atom is 0.238 e. The summed E-state index contributed by atoms with van der Waals surface area (Å²) >= 11 is 0. The first-order chi connectivity index (χ1) is 14.4. The van der Waals surface area contributed by atoms with Gasteiger partial charge in [-0.15, -0.1) is 0 Å². The van der Waals surface area contributed by atoms with Crippen LogP contribution in [0.2, 0.25) is 0 Å². The SMILES string of the molecule is C=S(C)(=O)Nc1cc(F)c2c(Nc3cccnc3OC3CCCNC3)ncnc2c1. The molecule has 30 heavy (non-hydrogen) atoms. The van der Waals surface area contributed by atoms with Crippen LogP contribution in [0.25, 0.3) is 10.9 Å². The van der Waals surface area contributed by atoms with Gasteiger partial charge in [0, 0.05) is 28.7 Å². The van der Waals surface area contributed by atoms with Crippen LogP contribution >= 0.6 is 0 Å². The predicted molar refractivity (Wildman–Crippen MR) is 118 cm³/mol. The number of pyridine rings is 1. The molecule has 3 N–H and O–H groups in total. The van der Waals surface area contributed by atoms with Crippen molar-refractivity contribution in [1.82, 2.24) is 20.3 Å². The predicted octanol–water partition coefficient (Wildman–Crippen LogP) is 2.71. The van der Waals surface area contributed by atoms with E-state index in [4.69, 9.17) is 4.74 Å². The Morgan fingerprint density at radius 3 is 2.97 bits per heavy atom. The van der Waals surface area contributed by atoms with Gasteiger partial charge in [0.25, 0.3) is 0 Å². The number of hydrogen-bond acceptors (Lipinski definition) is 7. The van der Waals surface area contributed by atoms with Crippen LogP contribution in [0.15, 0.2) is 36.8 Å². The summed E-state index contributed by atoms with van der Waals surface area (Å²) in [5.41, 5.74) is 1.28. The minimum atomic E-state index is -2.55.